The molecule has 0 unspecified atom stereocenters. The first kappa shape index (κ1) is 23.7. The molecule has 2 aromatic carbocycles. The summed E-state index contributed by atoms with van der Waals surface area (Å²) in [4.78, 5) is 25.5. The van der Waals surface area contributed by atoms with Crippen LogP contribution in [0.3, 0.4) is 0 Å². The second kappa shape index (κ2) is 7.89. The fourth-order valence-corrected chi connectivity index (χ4v) is 3.96. The lowest BCUT2D eigenvalue weighted by atomic mass is 9.78. The van der Waals surface area contributed by atoms with Gasteiger partial charge >= 0.3 is 5.69 Å². The van der Waals surface area contributed by atoms with Gasteiger partial charge in [-0.25, -0.2) is 4.79 Å². The minimum absolute atomic E-state index is 0.0439. The highest BCUT2D eigenvalue weighted by Crippen LogP contribution is 2.37. The van der Waals surface area contributed by atoms with E-state index in [1.807, 2.05) is 48.5 Å². The van der Waals surface area contributed by atoms with Crippen LogP contribution in [0.5, 0.6) is 0 Å². The first-order chi connectivity index (χ1) is 14.7. The number of nitrogens with zero attached hydrogens (tertiary/aromatic N) is 2. The Hall–Kier alpha value is -2.92. The summed E-state index contributed by atoms with van der Waals surface area (Å²) in [6.07, 6.45) is 1.44. The van der Waals surface area contributed by atoms with Gasteiger partial charge in [-0.1, -0.05) is 90.1 Å². The average Bonchev–Trinajstić information content (AvgIpc) is 2.73. The number of hydrogen-bond donors (Lipinski definition) is 1. The van der Waals surface area contributed by atoms with E-state index in [1.54, 1.807) is 7.05 Å². The Bertz CT molecular complexity index is 1180. The van der Waals surface area contributed by atoms with Gasteiger partial charge in [-0.2, -0.15) is 0 Å². The van der Waals surface area contributed by atoms with Crippen LogP contribution in [0.25, 0.3) is 0 Å². The molecule has 3 rings (SSSR count). The smallest absolute Gasteiger partial charge is 0.330 e. The Morgan fingerprint density at radius 1 is 0.656 bits per heavy atom. The van der Waals surface area contributed by atoms with Crippen LogP contribution < -0.4 is 11.2 Å². The summed E-state index contributed by atoms with van der Waals surface area (Å²) in [6, 6.07) is 15.4. The van der Waals surface area contributed by atoms with Crippen molar-refractivity contribution in [3.63, 3.8) is 0 Å². The molecule has 0 saturated heterocycles. The lowest BCUT2D eigenvalue weighted by Crippen LogP contribution is -2.44. The standard InChI is InChI=1S/C27H34N2O3/c1-25(2,3)18-9-13-20(14-10-18)27(32,21-15-11-19(12-16-21)26(4,5)6)22-17-28(7)24(31)29(8)23(22)30/h9-17,32H,1-8H3. The van der Waals surface area contributed by atoms with Crippen molar-refractivity contribution < 1.29 is 5.11 Å². The van der Waals surface area contributed by atoms with Crippen LogP contribution in [0.1, 0.15) is 69.4 Å². The lowest BCUT2D eigenvalue weighted by Gasteiger charge is -2.31. The van der Waals surface area contributed by atoms with Crippen LogP contribution in [0, 0.1) is 0 Å². The molecule has 0 spiro atoms. The van der Waals surface area contributed by atoms with Crippen molar-refractivity contribution in [2.24, 2.45) is 14.1 Å². The predicted molar refractivity (Wildman–Crippen MR) is 129 cm³/mol. The van der Waals surface area contributed by atoms with E-state index >= 15 is 0 Å². The van der Waals surface area contributed by atoms with E-state index in [4.69, 9.17) is 0 Å². The molecule has 5 nitrogen and oxygen atoms in total. The molecule has 1 aromatic heterocycles. The first-order valence-electron chi connectivity index (χ1n) is 10.9. The second-order valence-corrected chi connectivity index (χ2v) is 10.7. The zero-order valence-electron chi connectivity index (χ0n) is 20.4. The van der Waals surface area contributed by atoms with Gasteiger partial charge in [-0.15, -0.1) is 0 Å². The van der Waals surface area contributed by atoms with Crippen LogP contribution in [0.4, 0.5) is 0 Å². The Labute approximate surface area is 190 Å². The monoisotopic (exact) mass is 434 g/mol. The predicted octanol–water partition coefficient (Wildman–Crippen LogP) is 3.96. The molecule has 170 valence electrons. The summed E-state index contributed by atoms with van der Waals surface area (Å²) < 4.78 is 2.36. The number of hydrogen-bond acceptors (Lipinski definition) is 3. The molecule has 0 aliphatic carbocycles. The number of aryl methyl sites for hydroxylation is 1. The zero-order valence-corrected chi connectivity index (χ0v) is 20.4. The Balaban J connectivity index is 2.32. The molecule has 0 aliphatic heterocycles. The number of benzene rings is 2. The van der Waals surface area contributed by atoms with Gasteiger partial charge in [0, 0.05) is 20.3 Å². The van der Waals surface area contributed by atoms with Gasteiger partial charge in [0.15, 0.2) is 0 Å². The maximum atomic E-state index is 13.2. The minimum atomic E-state index is -1.72. The number of aromatic nitrogens is 2. The highest BCUT2D eigenvalue weighted by molar-refractivity contribution is 5.47. The van der Waals surface area contributed by atoms with E-state index in [-0.39, 0.29) is 16.4 Å². The van der Waals surface area contributed by atoms with E-state index in [1.165, 1.54) is 17.8 Å². The summed E-state index contributed by atoms with van der Waals surface area (Å²) in [5, 5.41) is 12.2. The average molecular weight is 435 g/mol. The molecule has 3 aromatic rings. The van der Waals surface area contributed by atoms with Crippen molar-refractivity contribution in [2.75, 3.05) is 0 Å². The summed E-state index contributed by atoms with van der Waals surface area (Å²) in [5.41, 5.74) is 0.772. The van der Waals surface area contributed by atoms with Gasteiger partial charge < -0.3 is 9.67 Å². The molecular formula is C27H34N2O3. The van der Waals surface area contributed by atoms with E-state index in [0.717, 1.165) is 15.7 Å². The molecule has 1 heterocycles. The third-order valence-corrected chi connectivity index (χ3v) is 6.17. The quantitative estimate of drug-likeness (QED) is 0.679. The molecule has 32 heavy (non-hydrogen) atoms. The van der Waals surface area contributed by atoms with Crippen molar-refractivity contribution in [3.8, 4) is 0 Å². The Morgan fingerprint density at radius 2 is 1.00 bits per heavy atom. The van der Waals surface area contributed by atoms with Crippen molar-refractivity contribution in [2.45, 2.75) is 58.0 Å². The van der Waals surface area contributed by atoms with Crippen LogP contribution in [0.15, 0.2) is 64.3 Å². The van der Waals surface area contributed by atoms with Gasteiger partial charge in [0.1, 0.15) is 5.60 Å². The second-order valence-electron chi connectivity index (χ2n) is 10.7. The van der Waals surface area contributed by atoms with Crippen molar-refractivity contribution in [1.29, 1.82) is 0 Å². The molecule has 0 saturated carbocycles. The van der Waals surface area contributed by atoms with E-state index in [0.29, 0.717) is 11.1 Å². The fraction of sp³-hybridized carbons (Fsp3) is 0.407. The summed E-state index contributed by atoms with van der Waals surface area (Å²) in [5.74, 6) is 0. The molecular weight excluding hydrogens is 400 g/mol. The van der Waals surface area contributed by atoms with Crippen LogP contribution >= 0.6 is 0 Å². The van der Waals surface area contributed by atoms with Gasteiger partial charge in [-0.05, 0) is 33.1 Å². The summed E-state index contributed by atoms with van der Waals surface area (Å²) in [6.45, 7) is 12.8. The number of rotatable bonds is 3. The van der Waals surface area contributed by atoms with Crippen molar-refractivity contribution >= 4 is 0 Å². The molecule has 0 amide bonds. The van der Waals surface area contributed by atoms with Gasteiger partial charge in [0.05, 0.1) is 5.56 Å². The third-order valence-electron chi connectivity index (χ3n) is 6.17. The Morgan fingerprint density at radius 3 is 1.34 bits per heavy atom. The van der Waals surface area contributed by atoms with Crippen LogP contribution in [-0.4, -0.2) is 14.2 Å². The molecule has 0 fully saturated rings. The van der Waals surface area contributed by atoms with Crippen molar-refractivity contribution in [1.82, 2.24) is 9.13 Å². The highest BCUT2D eigenvalue weighted by atomic mass is 16.3. The molecule has 0 radical (unpaired) electrons. The van der Waals surface area contributed by atoms with Crippen LogP contribution in [0.2, 0.25) is 0 Å². The van der Waals surface area contributed by atoms with Crippen LogP contribution in [-0.2, 0) is 30.5 Å². The zero-order chi connectivity index (χ0) is 24.1. The summed E-state index contributed by atoms with van der Waals surface area (Å²) >= 11 is 0. The van der Waals surface area contributed by atoms with E-state index in [2.05, 4.69) is 41.5 Å². The molecule has 0 atom stereocenters. The van der Waals surface area contributed by atoms with Gasteiger partial charge in [0.25, 0.3) is 5.56 Å². The fourth-order valence-electron chi connectivity index (χ4n) is 3.96. The van der Waals surface area contributed by atoms with Gasteiger partial charge in [0.2, 0.25) is 0 Å². The third kappa shape index (κ3) is 4.09. The summed E-state index contributed by atoms with van der Waals surface area (Å²) in [7, 11) is 3.01. The molecule has 0 aliphatic rings. The molecule has 1 N–H and O–H groups in total. The van der Waals surface area contributed by atoms with Gasteiger partial charge in [-0.3, -0.25) is 9.36 Å². The highest BCUT2D eigenvalue weighted by Gasteiger charge is 2.38. The SMILES string of the molecule is Cn1cc(C(O)(c2ccc(C(C)(C)C)cc2)c2ccc(C(C)(C)C)cc2)c(=O)n(C)c1=O. The Kier molecular flexibility index (Phi) is 5.85. The minimum Gasteiger partial charge on any atom is -0.376 e. The lowest BCUT2D eigenvalue weighted by molar-refractivity contribution is 0.122. The molecule has 0 bridgehead atoms. The molecule has 5 heteroatoms. The maximum absolute atomic E-state index is 13.2. The first-order valence-corrected chi connectivity index (χ1v) is 10.9. The normalized spacial score (nSPS) is 12.8. The topological polar surface area (TPSA) is 64.2 Å². The van der Waals surface area contributed by atoms with E-state index < -0.39 is 16.9 Å². The number of aliphatic hydroxyl groups is 1. The largest absolute Gasteiger partial charge is 0.376 e. The van der Waals surface area contributed by atoms with E-state index in [9.17, 15) is 14.7 Å². The maximum Gasteiger partial charge on any atom is 0.330 e. The van der Waals surface area contributed by atoms with Crippen molar-refractivity contribution in [3.05, 3.63) is 103 Å².